The molecule has 14 heteroatoms. The molecule has 0 fully saturated rings. The molecule has 0 radical (unpaired) electrons. The molecule has 1 heterocycles. The number of hydrogen-bond donors (Lipinski definition) is 2. The summed E-state index contributed by atoms with van der Waals surface area (Å²) in [5, 5.41) is 6.35. The number of nitrogens with one attached hydrogen (secondary N) is 2. The van der Waals surface area contributed by atoms with Crippen LogP contribution in [0.3, 0.4) is 0 Å². The zero-order chi connectivity index (χ0) is 21.5. The van der Waals surface area contributed by atoms with E-state index in [1.807, 2.05) is 0 Å². The molecule has 0 aromatic rings. The maximum atomic E-state index is 12.8. The zero-order valence-corrected chi connectivity index (χ0v) is 18.5. The van der Waals surface area contributed by atoms with Gasteiger partial charge in [-0.3, -0.25) is 15.2 Å². The lowest BCUT2D eigenvalue weighted by Gasteiger charge is -2.47. The first-order valence-electron chi connectivity index (χ1n) is 8.21. The molecule has 160 valence electrons. The van der Waals surface area contributed by atoms with Crippen molar-refractivity contribution in [3.05, 3.63) is 12.2 Å². The number of halogens is 1. The molecule has 0 bridgehead atoms. The minimum atomic E-state index is -4.23. The summed E-state index contributed by atoms with van der Waals surface area (Å²) in [5.41, 5.74) is 5.03. The van der Waals surface area contributed by atoms with Gasteiger partial charge in [-0.2, -0.15) is 5.10 Å². The van der Waals surface area contributed by atoms with Crippen LogP contribution in [0.5, 0.6) is 0 Å². The molecular weight excluding hydrogens is 434 g/mol. The van der Waals surface area contributed by atoms with E-state index in [2.05, 4.69) is 16.1 Å². The van der Waals surface area contributed by atoms with E-state index >= 15 is 0 Å². The molecule has 1 aliphatic carbocycles. The van der Waals surface area contributed by atoms with E-state index in [9.17, 15) is 21.6 Å². The Bertz CT molecular complexity index is 869. The molecule has 11 nitrogen and oxygen atoms in total. The van der Waals surface area contributed by atoms with Gasteiger partial charge in [0.1, 0.15) is 12.4 Å². The van der Waals surface area contributed by atoms with E-state index in [0.29, 0.717) is 0 Å². The van der Waals surface area contributed by atoms with Crippen molar-refractivity contribution in [2.24, 2.45) is 11.0 Å². The summed E-state index contributed by atoms with van der Waals surface area (Å²) < 4.78 is 53.6. The molecule has 1 amide bonds. The molecule has 0 aromatic heterocycles. The Morgan fingerprint density at radius 2 is 1.89 bits per heavy atom. The van der Waals surface area contributed by atoms with Crippen LogP contribution >= 0.6 is 11.6 Å². The predicted molar refractivity (Wildman–Crippen MR) is 104 cm³/mol. The SMILES string of the molecule is CCOC1C(C)(Cl)C(C(=O)NN2NN=CN2C)C=CC1(S(C)(=O)=O)S(C)(=O)=O. The van der Waals surface area contributed by atoms with Crippen LogP contribution in [0, 0.1) is 5.92 Å². The number of ether oxygens (including phenoxy) is 1. The van der Waals surface area contributed by atoms with E-state index in [0.717, 1.165) is 18.6 Å². The number of amides is 1. The summed E-state index contributed by atoms with van der Waals surface area (Å²) in [6, 6.07) is 0. The second-order valence-corrected chi connectivity index (χ2v) is 12.3. The first kappa shape index (κ1) is 22.9. The van der Waals surface area contributed by atoms with Crippen molar-refractivity contribution in [3.63, 3.8) is 0 Å². The number of rotatable bonds is 6. The van der Waals surface area contributed by atoms with Crippen LogP contribution < -0.4 is 11.0 Å². The van der Waals surface area contributed by atoms with Crippen LogP contribution in [-0.2, 0) is 29.2 Å². The Hall–Kier alpha value is -1.41. The number of hydrogen-bond acceptors (Lipinski definition) is 10. The van der Waals surface area contributed by atoms with Crippen molar-refractivity contribution in [2.45, 2.75) is 28.9 Å². The summed E-state index contributed by atoms with van der Waals surface area (Å²) in [7, 11) is -6.86. The van der Waals surface area contributed by atoms with Crippen LogP contribution in [0.25, 0.3) is 0 Å². The van der Waals surface area contributed by atoms with Crippen molar-refractivity contribution in [3.8, 4) is 0 Å². The highest BCUT2D eigenvalue weighted by atomic mass is 35.5. The van der Waals surface area contributed by atoms with Crippen molar-refractivity contribution in [1.29, 1.82) is 0 Å². The van der Waals surface area contributed by atoms with Crippen molar-refractivity contribution < 1.29 is 26.4 Å². The monoisotopic (exact) mass is 457 g/mol. The second-order valence-electron chi connectivity index (χ2n) is 6.80. The number of carbonyl (C=O) groups excluding carboxylic acids is 1. The van der Waals surface area contributed by atoms with Crippen molar-refractivity contribution in [2.75, 3.05) is 26.2 Å². The van der Waals surface area contributed by atoms with E-state index in [-0.39, 0.29) is 6.61 Å². The van der Waals surface area contributed by atoms with Gasteiger partial charge in [-0.05, 0) is 25.2 Å². The maximum absolute atomic E-state index is 12.8. The Morgan fingerprint density at radius 3 is 2.32 bits per heavy atom. The van der Waals surface area contributed by atoms with Gasteiger partial charge in [-0.25, -0.2) is 22.4 Å². The van der Waals surface area contributed by atoms with Gasteiger partial charge in [-0.1, -0.05) is 6.08 Å². The first-order valence-corrected chi connectivity index (χ1v) is 12.4. The number of hydrazine groups is 3. The van der Waals surface area contributed by atoms with Crippen LogP contribution in [0.4, 0.5) is 0 Å². The van der Waals surface area contributed by atoms with Gasteiger partial charge in [0.2, 0.25) is 9.99 Å². The van der Waals surface area contributed by atoms with Gasteiger partial charge in [0, 0.05) is 26.2 Å². The zero-order valence-electron chi connectivity index (χ0n) is 16.1. The van der Waals surface area contributed by atoms with Crippen molar-refractivity contribution >= 4 is 43.5 Å². The third kappa shape index (κ3) is 3.61. The average molecular weight is 458 g/mol. The number of alkyl halides is 1. The quantitative estimate of drug-likeness (QED) is 0.380. The van der Waals surface area contributed by atoms with Crippen LogP contribution in [0.1, 0.15) is 13.8 Å². The van der Waals surface area contributed by atoms with Gasteiger partial charge in [0.05, 0.1) is 10.8 Å². The molecule has 2 aliphatic rings. The number of nitrogens with zero attached hydrogens (tertiary/aromatic N) is 3. The lowest BCUT2D eigenvalue weighted by atomic mass is 9.81. The molecule has 28 heavy (non-hydrogen) atoms. The third-order valence-electron chi connectivity index (χ3n) is 4.69. The fraction of sp³-hybridized carbons (Fsp3) is 0.714. The number of carbonyl (C=O) groups is 1. The fourth-order valence-electron chi connectivity index (χ4n) is 3.33. The second kappa shape index (κ2) is 7.44. The predicted octanol–water partition coefficient (Wildman–Crippen LogP) is -0.998. The molecule has 0 saturated carbocycles. The molecule has 3 unspecified atom stereocenters. The Labute approximate surface area is 169 Å². The van der Waals surface area contributed by atoms with Gasteiger partial charge in [-0.15, -0.1) is 11.6 Å². The van der Waals surface area contributed by atoms with E-state index in [1.165, 1.54) is 29.6 Å². The fourth-order valence-corrected chi connectivity index (χ4v) is 8.12. The lowest BCUT2D eigenvalue weighted by molar-refractivity contribution is -0.140. The molecular formula is C14H24ClN5O6S2. The summed E-state index contributed by atoms with van der Waals surface area (Å²) in [6.45, 7) is 2.95. The van der Waals surface area contributed by atoms with Crippen LogP contribution in [-0.4, -0.2) is 80.5 Å². The highest BCUT2D eigenvalue weighted by Gasteiger charge is 2.65. The average Bonchev–Trinajstić information content (AvgIpc) is 2.91. The molecule has 0 aromatic carbocycles. The Kier molecular flexibility index (Phi) is 6.08. The Morgan fingerprint density at radius 1 is 1.32 bits per heavy atom. The molecule has 0 saturated heterocycles. The Balaban J connectivity index is 2.55. The lowest BCUT2D eigenvalue weighted by Crippen LogP contribution is -2.67. The summed E-state index contributed by atoms with van der Waals surface area (Å²) >= 11 is 6.65. The third-order valence-corrected chi connectivity index (χ3v) is 9.96. The molecule has 0 spiro atoms. The van der Waals surface area contributed by atoms with E-state index in [4.69, 9.17) is 16.3 Å². The topological polar surface area (TPSA) is 137 Å². The molecule has 2 rings (SSSR count). The maximum Gasteiger partial charge on any atom is 0.246 e. The smallest absolute Gasteiger partial charge is 0.246 e. The number of hydrazone groups is 1. The van der Waals surface area contributed by atoms with Gasteiger partial charge in [0.15, 0.2) is 19.7 Å². The van der Waals surface area contributed by atoms with Gasteiger partial charge < -0.3 is 4.74 Å². The van der Waals surface area contributed by atoms with E-state index in [1.54, 1.807) is 14.0 Å². The van der Waals surface area contributed by atoms with E-state index < -0.39 is 46.6 Å². The first-order chi connectivity index (χ1) is 12.7. The normalized spacial score (nSPS) is 30.3. The largest absolute Gasteiger partial charge is 0.374 e. The number of sulfone groups is 2. The van der Waals surface area contributed by atoms with Crippen LogP contribution in [0.2, 0.25) is 0 Å². The summed E-state index contributed by atoms with van der Waals surface area (Å²) in [4.78, 5) is 11.1. The molecule has 2 N–H and O–H groups in total. The minimum Gasteiger partial charge on any atom is -0.374 e. The summed E-state index contributed by atoms with van der Waals surface area (Å²) in [6.07, 6.45) is 3.66. The van der Waals surface area contributed by atoms with Crippen LogP contribution in [0.15, 0.2) is 17.3 Å². The standard InChI is InChI=1S/C14H24ClN5O6S2/c1-6-26-12-13(2,15)10(11(21)17-20-18-16-9-19(20)3)7-8-14(12,27(4,22)23)28(5,24)25/h7-10,12,18H,6H2,1-5H3,(H,17,21). The highest BCUT2D eigenvalue weighted by molar-refractivity contribution is 8.10. The summed E-state index contributed by atoms with van der Waals surface area (Å²) in [5.74, 6) is -1.71. The highest BCUT2D eigenvalue weighted by Crippen LogP contribution is 2.47. The van der Waals surface area contributed by atoms with Gasteiger partial charge >= 0.3 is 0 Å². The minimum absolute atomic E-state index is 0.00773. The molecule has 3 atom stereocenters. The van der Waals surface area contributed by atoms with Gasteiger partial charge in [0.25, 0.3) is 0 Å². The van der Waals surface area contributed by atoms with Crippen molar-refractivity contribution in [1.82, 2.24) is 21.2 Å². The molecule has 1 aliphatic heterocycles.